The van der Waals surface area contributed by atoms with Crippen molar-refractivity contribution in [2.45, 2.75) is 0 Å². The molecule has 4 rings (SSSR count). The lowest BCUT2D eigenvalue weighted by molar-refractivity contribution is 0.102. The quantitative estimate of drug-likeness (QED) is 0.783. The second kappa shape index (κ2) is 5.26. The van der Waals surface area contributed by atoms with E-state index >= 15 is 0 Å². The second-order valence-electron chi connectivity index (χ2n) is 4.84. The molecule has 6 nitrogen and oxygen atoms in total. The van der Waals surface area contributed by atoms with Gasteiger partial charge < -0.3 is 9.47 Å². The predicted octanol–water partition coefficient (Wildman–Crippen LogP) is 3.15. The molecule has 2 aromatic carbocycles. The Kier molecular flexibility index (Phi) is 3.10. The number of nitrogens with zero attached hydrogens (tertiary/aromatic N) is 2. The Bertz CT molecular complexity index is 916. The number of nitrogens with one attached hydrogen (secondary N) is 1. The van der Waals surface area contributed by atoms with Crippen molar-refractivity contribution in [3.05, 3.63) is 47.5 Å². The van der Waals surface area contributed by atoms with E-state index in [0.29, 0.717) is 27.8 Å². The van der Waals surface area contributed by atoms with Crippen molar-refractivity contribution in [3.63, 3.8) is 0 Å². The van der Waals surface area contributed by atoms with Gasteiger partial charge in [0.05, 0.1) is 21.8 Å². The summed E-state index contributed by atoms with van der Waals surface area (Å²) in [6.45, 7) is 0.217. The number of benzene rings is 2. The van der Waals surface area contributed by atoms with Gasteiger partial charge in [0.25, 0.3) is 5.91 Å². The van der Waals surface area contributed by atoms with Crippen LogP contribution in [0.25, 0.3) is 10.2 Å². The number of ether oxygens (including phenoxy) is 2. The minimum atomic E-state index is -0.270. The molecule has 1 aliphatic heterocycles. The number of hydrogen-bond acceptors (Lipinski definition) is 6. The van der Waals surface area contributed by atoms with Crippen molar-refractivity contribution in [1.29, 1.82) is 5.26 Å². The first kappa shape index (κ1) is 13.5. The van der Waals surface area contributed by atoms with E-state index in [2.05, 4.69) is 10.3 Å². The Balaban J connectivity index is 1.59. The fourth-order valence-corrected chi connectivity index (χ4v) is 3.11. The molecule has 0 aliphatic carbocycles. The topological polar surface area (TPSA) is 84.2 Å². The van der Waals surface area contributed by atoms with Gasteiger partial charge in [-0.25, -0.2) is 4.98 Å². The third kappa shape index (κ3) is 2.45. The maximum Gasteiger partial charge on any atom is 0.257 e. The standard InChI is InChI=1S/C16H9N3O3S/c17-7-9-1-3-10(4-2-9)15(20)19-16-18-11-5-12-13(22-8-21-12)6-14(11)23-16/h1-6H,8H2,(H,18,19,20). The lowest BCUT2D eigenvalue weighted by Crippen LogP contribution is -2.11. The number of amides is 1. The Morgan fingerprint density at radius 1 is 1.22 bits per heavy atom. The molecule has 0 saturated carbocycles. The predicted molar refractivity (Wildman–Crippen MR) is 84.9 cm³/mol. The van der Waals surface area contributed by atoms with E-state index in [1.165, 1.54) is 11.3 Å². The van der Waals surface area contributed by atoms with Crippen LogP contribution >= 0.6 is 11.3 Å². The molecule has 0 bridgehead atoms. The minimum absolute atomic E-state index is 0.217. The fraction of sp³-hybridized carbons (Fsp3) is 0.0625. The van der Waals surface area contributed by atoms with E-state index in [4.69, 9.17) is 14.7 Å². The Labute approximate surface area is 134 Å². The highest BCUT2D eigenvalue weighted by atomic mass is 32.1. The number of rotatable bonds is 2. The zero-order valence-electron chi connectivity index (χ0n) is 11.7. The van der Waals surface area contributed by atoms with Gasteiger partial charge in [-0.2, -0.15) is 5.26 Å². The van der Waals surface area contributed by atoms with Crippen LogP contribution in [0.15, 0.2) is 36.4 Å². The summed E-state index contributed by atoms with van der Waals surface area (Å²) in [6, 6.07) is 12.1. The number of anilines is 1. The molecule has 0 unspecified atom stereocenters. The highest BCUT2D eigenvalue weighted by Gasteiger charge is 2.17. The van der Waals surface area contributed by atoms with E-state index in [0.717, 1.165) is 10.2 Å². The van der Waals surface area contributed by atoms with Crippen LogP contribution in [0.3, 0.4) is 0 Å². The van der Waals surface area contributed by atoms with Crippen molar-refractivity contribution in [3.8, 4) is 17.6 Å². The number of fused-ring (bicyclic) bond motifs is 2. The normalized spacial score (nSPS) is 12.1. The van der Waals surface area contributed by atoms with Gasteiger partial charge in [0.15, 0.2) is 16.6 Å². The van der Waals surface area contributed by atoms with Gasteiger partial charge in [0, 0.05) is 17.7 Å². The molecule has 0 radical (unpaired) electrons. The number of nitriles is 1. The maximum absolute atomic E-state index is 12.2. The van der Waals surface area contributed by atoms with Crippen LogP contribution in [0.2, 0.25) is 0 Å². The molecule has 0 saturated heterocycles. The number of hydrogen-bond donors (Lipinski definition) is 1. The molecule has 0 atom stereocenters. The SMILES string of the molecule is N#Cc1ccc(C(=O)Nc2nc3cc4c(cc3s2)OCO4)cc1. The van der Waals surface area contributed by atoms with Gasteiger partial charge in [0.2, 0.25) is 6.79 Å². The number of carbonyl (C=O) groups excluding carboxylic acids is 1. The summed E-state index contributed by atoms with van der Waals surface area (Å²) in [4.78, 5) is 16.6. The number of thiazole rings is 1. The van der Waals surface area contributed by atoms with Crippen LogP contribution in [0, 0.1) is 11.3 Å². The Morgan fingerprint density at radius 3 is 2.70 bits per heavy atom. The molecule has 0 fully saturated rings. The molecule has 1 aliphatic rings. The number of carbonyl (C=O) groups is 1. The highest BCUT2D eigenvalue weighted by Crippen LogP contribution is 2.38. The zero-order chi connectivity index (χ0) is 15.8. The fourth-order valence-electron chi connectivity index (χ4n) is 2.24. The van der Waals surface area contributed by atoms with E-state index in [-0.39, 0.29) is 12.7 Å². The smallest absolute Gasteiger partial charge is 0.257 e. The van der Waals surface area contributed by atoms with Crippen molar-refractivity contribution in [1.82, 2.24) is 4.98 Å². The van der Waals surface area contributed by atoms with Gasteiger partial charge in [-0.15, -0.1) is 0 Å². The summed E-state index contributed by atoms with van der Waals surface area (Å²) in [5.41, 5.74) is 1.72. The van der Waals surface area contributed by atoms with Crippen molar-refractivity contribution >= 4 is 32.6 Å². The van der Waals surface area contributed by atoms with Gasteiger partial charge in [-0.1, -0.05) is 11.3 Å². The third-order valence-corrected chi connectivity index (χ3v) is 4.31. The van der Waals surface area contributed by atoms with Crippen molar-refractivity contribution in [2.24, 2.45) is 0 Å². The molecule has 23 heavy (non-hydrogen) atoms. The van der Waals surface area contributed by atoms with E-state index in [1.807, 2.05) is 12.1 Å². The van der Waals surface area contributed by atoms with Crippen LogP contribution in [0.5, 0.6) is 11.5 Å². The summed E-state index contributed by atoms with van der Waals surface area (Å²) >= 11 is 1.36. The largest absolute Gasteiger partial charge is 0.454 e. The Morgan fingerprint density at radius 2 is 1.96 bits per heavy atom. The average Bonchev–Trinajstić information content (AvgIpc) is 3.17. The summed E-state index contributed by atoms with van der Waals surface area (Å²) in [5.74, 6) is 1.08. The van der Waals surface area contributed by atoms with E-state index in [9.17, 15) is 4.79 Å². The molecule has 1 aromatic heterocycles. The van der Waals surface area contributed by atoms with Crippen LogP contribution < -0.4 is 14.8 Å². The average molecular weight is 323 g/mol. The molecule has 112 valence electrons. The zero-order valence-corrected chi connectivity index (χ0v) is 12.5. The first-order valence-electron chi connectivity index (χ1n) is 6.74. The molecular formula is C16H9N3O3S. The van der Waals surface area contributed by atoms with Crippen LogP contribution in [0.1, 0.15) is 15.9 Å². The Hall–Kier alpha value is -3.11. The first-order valence-corrected chi connectivity index (χ1v) is 7.56. The van der Waals surface area contributed by atoms with Crippen LogP contribution in [-0.4, -0.2) is 17.7 Å². The molecular weight excluding hydrogens is 314 g/mol. The van der Waals surface area contributed by atoms with Crippen LogP contribution in [-0.2, 0) is 0 Å². The summed E-state index contributed by atoms with van der Waals surface area (Å²) in [6.07, 6.45) is 0. The summed E-state index contributed by atoms with van der Waals surface area (Å²) in [5, 5.41) is 12.0. The van der Waals surface area contributed by atoms with Gasteiger partial charge in [-0.05, 0) is 24.3 Å². The summed E-state index contributed by atoms with van der Waals surface area (Å²) < 4.78 is 11.6. The van der Waals surface area contributed by atoms with E-state index in [1.54, 1.807) is 30.3 Å². The van der Waals surface area contributed by atoms with Crippen molar-refractivity contribution < 1.29 is 14.3 Å². The van der Waals surface area contributed by atoms with Gasteiger partial charge in [-0.3, -0.25) is 10.1 Å². The van der Waals surface area contributed by atoms with Crippen LogP contribution in [0.4, 0.5) is 5.13 Å². The second-order valence-corrected chi connectivity index (χ2v) is 5.87. The molecule has 1 amide bonds. The lowest BCUT2D eigenvalue weighted by Gasteiger charge is -2.01. The molecule has 0 spiro atoms. The van der Waals surface area contributed by atoms with Gasteiger partial charge >= 0.3 is 0 Å². The lowest BCUT2D eigenvalue weighted by atomic mass is 10.1. The van der Waals surface area contributed by atoms with Crippen molar-refractivity contribution in [2.75, 3.05) is 12.1 Å². The molecule has 3 aromatic rings. The monoisotopic (exact) mass is 323 g/mol. The first-order chi connectivity index (χ1) is 11.2. The molecule has 7 heteroatoms. The third-order valence-electron chi connectivity index (χ3n) is 3.38. The highest BCUT2D eigenvalue weighted by molar-refractivity contribution is 7.22. The number of aromatic nitrogens is 1. The maximum atomic E-state index is 12.2. The summed E-state index contributed by atoms with van der Waals surface area (Å²) in [7, 11) is 0. The molecule has 1 N–H and O–H groups in total. The van der Waals surface area contributed by atoms with E-state index < -0.39 is 0 Å². The van der Waals surface area contributed by atoms with Gasteiger partial charge in [0.1, 0.15) is 0 Å². The molecule has 2 heterocycles. The minimum Gasteiger partial charge on any atom is -0.454 e.